The first kappa shape index (κ1) is 15.0. The molecule has 0 radical (unpaired) electrons. The molecule has 0 fully saturated rings. The molecular weight excluding hydrogens is 270 g/mol. The SMILES string of the molecule is CCN(CC(C)C)C(=O)C(=O)Nc1cncc2[nH]ncc12. The van der Waals surface area contributed by atoms with E-state index in [0.717, 1.165) is 5.39 Å². The zero-order valence-corrected chi connectivity index (χ0v) is 12.4. The number of pyridine rings is 1. The van der Waals surface area contributed by atoms with Crippen LogP contribution in [0.3, 0.4) is 0 Å². The van der Waals surface area contributed by atoms with E-state index in [2.05, 4.69) is 20.5 Å². The maximum atomic E-state index is 12.2. The first-order valence-corrected chi connectivity index (χ1v) is 6.90. The lowest BCUT2D eigenvalue weighted by Gasteiger charge is -2.22. The number of aromatic nitrogens is 3. The molecule has 7 heteroatoms. The van der Waals surface area contributed by atoms with Gasteiger partial charge in [0.25, 0.3) is 0 Å². The fourth-order valence-electron chi connectivity index (χ4n) is 2.08. The summed E-state index contributed by atoms with van der Waals surface area (Å²) in [5, 5.41) is 9.98. The molecule has 0 saturated carbocycles. The highest BCUT2D eigenvalue weighted by atomic mass is 16.2. The number of H-pyrrole nitrogens is 1. The zero-order chi connectivity index (χ0) is 15.4. The fraction of sp³-hybridized carbons (Fsp3) is 0.429. The van der Waals surface area contributed by atoms with Gasteiger partial charge in [-0.25, -0.2) is 0 Å². The molecule has 2 rings (SSSR count). The van der Waals surface area contributed by atoms with Crippen molar-refractivity contribution in [3.05, 3.63) is 18.6 Å². The van der Waals surface area contributed by atoms with Crippen LogP contribution < -0.4 is 5.32 Å². The van der Waals surface area contributed by atoms with E-state index >= 15 is 0 Å². The van der Waals surface area contributed by atoms with Gasteiger partial charge in [-0.2, -0.15) is 5.10 Å². The van der Waals surface area contributed by atoms with Crippen LogP contribution in [0.15, 0.2) is 18.6 Å². The molecule has 0 aliphatic carbocycles. The topological polar surface area (TPSA) is 91.0 Å². The number of carbonyl (C=O) groups excluding carboxylic acids is 2. The summed E-state index contributed by atoms with van der Waals surface area (Å²) >= 11 is 0. The summed E-state index contributed by atoms with van der Waals surface area (Å²) in [6, 6.07) is 0. The van der Waals surface area contributed by atoms with E-state index in [1.165, 1.54) is 11.1 Å². The van der Waals surface area contributed by atoms with Crippen LogP contribution in [-0.2, 0) is 9.59 Å². The summed E-state index contributed by atoms with van der Waals surface area (Å²) in [5.74, 6) is -0.889. The molecule has 0 aliphatic rings. The van der Waals surface area contributed by atoms with Gasteiger partial charge in [-0.15, -0.1) is 0 Å². The summed E-state index contributed by atoms with van der Waals surface area (Å²) in [6.07, 6.45) is 4.70. The molecule has 2 aromatic rings. The van der Waals surface area contributed by atoms with Gasteiger partial charge in [-0.05, 0) is 12.8 Å². The number of hydrogen-bond donors (Lipinski definition) is 2. The Labute approximate surface area is 122 Å². The molecule has 0 atom stereocenters. The van der Waals surface area contributed by atoms with Gasteiger partial charge in [0.15, 0.2) is 0 Å². The minimum atomic E-state index is -0.659. The van der Waals surface area contributed by atoms with Gasteiger partial charge in [0.05, 0.1) is 29.8 Å². The maximum absolute atomic E-state index is 12.2. The summed E-state index contributed by atoms with van der Waals surface area (Å²) in [5.41, 5.74) is 1.18. The number of nitrogens with zero attached hydrogens (tertiary/aromatic N) is 3. The number of hydrogen-bond acceptors (Lipinski definition) is 4. The Morgan fingerprint density at radius 3 is 2.76 bits per heavy atom. The summed E-state index contributed by atoms with van der Waals surface area (Å²) in [6.45, 7) is 6.91. The van der Waals surface area contributed by atoms with Crippen LogP contribution in [0.2, 0.25) is 0 Å². The first-order chi connectivity index (χ1) is 10.0. The van der Waals surface area contributed by atoms with Crippen molar-refractivity contribution < 1.29 is 9.59 Å². The molecule has 0 unspecified atom stereocenters. The Bertz CT molecular complexity index is 650. The van der Waals surface area contributed by atoms with Crippen molar-refractivity contribution in [2.75, 3.05) is 18.4 Å². The molecule has 2 heterocycles. The van der Waals surface area contributed by atoms with Crippen molar-refractivity contribution in [3.63, 3.8) is 0 Å². The third-order valence-electron chi connectivity index (χ3n) is 3.06. The number of anilines is 1. The molecular formula is C14H19N5O2. The molecule has 112 valence electrons. The van der Waals surface area contributed by atoms with Crippen molar-refractivity contribution in [3.8, 4) is 0 Å². The Kier molecular flexibility index (Phi) is 4.52. The Morgan fingerprint density at radius 1 is 1.33 bits per heavy atom. The van der Waals surface area contributed by atoms with Crippen molar-refractivity contribution in [1.82, 2.24) is 20.1 Å². The van der Waals surface area contributed by atoms with E-state index in [4.69, 9.17) is 0 Å². The third-order valence-corrected chi connectivity index (χ3v) is 3.06. The molecule has 0 spiro atoms. The number of aromatic amines is 1. The van der Waals surface area contributed by atoms with Crippen LogP contribution in [0.1, 0.15) is 20.8 Å². The average molecular weight is 289 g/mol. The van der Waals surface area contributed by atoms with Crippen LogP contribution in [0.5, 0.6) is 0 Å². The molecule has 0 saturated heterocycles. The summed E-state index contributed by atoms with van der Waals surface area (Å²) in [4.78, 5) is 29.8. The largest absolute Gasteiger partial charge is 0.334 e. The zero-order valence-electron chi connectivity index (χ0n) is 12.4. The molecule has 0 bridgehead atoms. The van der Waals surface area contributed by atoms with Crippen LogP contribution in [0.25, 0.3) is 10.9 Å². The van der Waals surface area contributed by atoms with Crippen molar-refractivity contribution in [2.24, 2.45) is 5.92 Å². The quantitative estimate of drug-likeness (QED) is 0.832. The smallest absolute Gasteiger partial charge is 0.313 e. The van der Waals surface area contributed by atoms with Crippen molar-refractivity contribution >= 4 is 28.4 Å². The number of likely N-dealkylation sites (N-methyl/N-ethyl adjacent to an activating group) is 1. The van der Waals surface area contributed by atoms with Gasteiger partial charge < -0.3 is 10.2 Å². The normalized spacial score (nSPS) is 10.9. The summed E-state index contributed by atoms with van der Waals surface area (Å²) in [7, 11) is 0. The van der Waals surface area contributed by atoms with E-state index in [1.807, 2.05) is 20.8 Å². The van der Waals surface area contributed by atoms with Crippen molar-refractivity contribution in [1.29, 1.82) is 0 Å². The second kappa shape index (κ2) is 6.34. The van der Waals surface area contributed by atoms with Crippen LogP contribution >= 0.6 is 0 Å². The van der Waals surface area contributed by atoms with Gasteiger partial charge in [0.2, 0.25) is 0 Å². The molecule has 7 nitrogen and oxygen atoms in total. The first-order valence-electron chi connectivity index (χ1n) is 6.90. The van der Waals surface area contributed by atoms with Crippen LogP contribution in [-0.4, -0.2) is 45.0 Å². The highest BCUT2D eigenvalue weighted by Crippen LogP contribution is 2.19. The highest BCUT2D eigenvalue weighted by Gasteiger charge is 2.22. The lowest BCUT2D eigenvalue weighted by molar-refractivity contribution is -0.143. The van der Waals surface area contributed by atoms with Gasteiger partial charge >= 0.3 is 11.8 Å². The predicted molar refractivity (Wildman–Crippen MR) is 79.6 cm³/mol. The Hall–Kier alpha value is -2.44. The minimum Gasteiger partial charge on any atom is -0.334 e. The second-order valence-electron chi connectivity index (χ2n) is 5.21. The number of amides is 2. The monoisotopic (exact) mass is 289 g/mol. The standard InChI is InChI=1S/C14H19N5O2/c1-4-19(8-9(2)3)14(21)13(20)17-11-6-15-7-12-10(11)5-16-18-12/h5-7,9H,4,8H2,1-3H3,(H,16,18)(H,17,20). The molecule has 21 heavy (non-hydrogen) atoms. The Morgan fingerprint density at radius 2 is 2.10 bits per heavy atom. The lowest BCUT2D eigenvalue weighted by Crippen LogP contribution is -2.41. The predicted octanol–water partition coefficient (Wildman–Crippen LogP) is 1.40. The number of nitrogens with one attached hydrogen (secondary N) is 2. The van der Waals surface area contributed by atoms with E-state index in [1.54, 1.807) is 12.4 Å². The van der Waals surface area contributed by atoms with E-state index in [0.29, 0.717) is 30.2 Å². The molecule has 2 N–H and O–H groups in total. The molecule has 2 amide bonds. The van der Waals surface area contributed by atoms with Gasteiger partial charge in [0, 0.05) is 18.5 Å². The second-order valence-corrected chi connectivity index (χ2v) is 5.21. The number of carbonyl (C=O) groups is 2. The molecule has 0 aliphatic heterocycles. The average Bonchev–Trinajstić information content (AvgIpc) is 2.93. The fourth-order valence-corrected chi connectivity index (χ4v) is 2.08. The minimum absolute atomic E-state index is 0.306. The summed E-state index contributed by atoms with van der Waals surface area (Å²) < 4.78 is 0. The van der Waals surface area contributed by atoms with Gasteiger partial charge in [-0.1, -0.05) is 13.8 Å². The number of fused-ring (bicyclic) bond motifs is 1. The van der Waals surface area contributed by atoms with E-state index < -0.39 is 11.8 Å². The molecule has 2 aromatic heterocycles. The van der Waals surface area contributed by atoms with Crippen LogP contribution in [0.4, 0.5) is 5.69 Å². The highest BCUT2D eigenvalue weighted by molar-refractivity contribution is 6.40. The van der Waals surface area contributed by atoms with E-state index in [-0.39, 0.29) is 0 Å². The Balaban J connectivity index is 2.13. The lowest BCUT2D eigenvalue weighted by atomic mass is 10.2. The maximum Gasteiger partial charge on any atom is 0.313 e. The van der Waals surface area contributed by atoms with Gasteiger partial charge in [0.1, 0.15) is 0 Å². The van der Waals surface area contributed by atoms with Crippen LogP contribution in [0, 0.1) is 5.92 Å². The number of rotatable bonds is 4. The van der Waals surface area contributed by atoms with E-state index in [9.17, 15) is 9.59 Å². The molecule has 0 aromatic carbocycles. The van der Waals surface area contributed by atoms with Gasteiger partial charge in [-0.3, -0.25) is 19.7 Å². The third kappa shape index (κ3) is 3.36. The van der Waals surface area contributed by atoms with Crippen molar-refractivity contribution in [2.45, 2.75) is 20.8 Å².